The van der Waals surface area contributed by atoms with E-state index in [9.17, 15) is 5.11 Å². The van der Waals surface area contributed by atoms with Gasteiger partial charge in [0.15, 0.2) is 0 Å². The quantitative estimate of drug-likeness (QED) is 0.262. The summed E-state index contributed by atoms with van der Waals surface area (Å²) in [7, 11) is 0. The maximum Gasteiger partial charge on any atom is 0.138 e. The summed E-state index contributed by atoms with van der Waals surface area (Å²) in [5, 5.41) is 14.5. The third kappa shape index (κ3) is 5.58. The number of phenolic OH excluding ortho intramolecular Hbond substituents is 1. The highest BCUT2D eigenvalue weighted by molar-refractivity contribution is 7.09. The van der Waals surface area contributed by atoms with Crippen LogP contribution in [-0.2, 0) is 0 Å². The monoisotopic (exact) mass is 472 g/mol. The van der Waals surface area contributed by atoms with Crippen LogP contribution in [-0.4, -0.2) is 15.1 Å². The number of furan rings is 1. The van der Waals surface area contributed by atoms with Gasteiger partial charge in [-0.1, -0.05) is 54.1 Å². The van der Waals surface area contributed by atoms with Gasteiger partial charge in [-0.2, -0.15) is 0 Å². The van der Waals surface area contributed by atoms with E-state index in [-0.39, 0.29) is 5.75 Å². The normalized spacial score (nSPS) is 10.2. The van der Waals surface area contributed by atoms with Crippen LogP contribution in [0.2, 0.25) is 5.02 Å². The van der Waals surface area contributed by atoms with Crippen molar-refractivity contribution in [2.45, 2.75) is 6.92 Å². The molecule has 4 nitrogen and oxygen atoms in total. The lowest BCUT2D eigenvalue weighted by molar-refractivity contribution is 0.477. The van der Waals surface area contributed by atoms with Crippen LogP contribution in [0.4, 0.5) is 0 Å². The number of halogens is 1. The van der Waals surface area contributed by atoms with Crippen LogP contribution in [0.15, 0.2) is 107 Å². The molecule has 0 aliphatic carbocycles. The van der Waals surface area contributed by atoms with Gasteiger partial charge in [0.25, 0.3) is 0 Å². The summed E-state index contributed by atoms with van der Waals surface area (Å²) in [6.45, 7) is 2.10. The van der Waals surface area contributed by atoms with E-state index in [1.807, 2.05) is 42.6 Å². The van der Waals surface area contributed by atoms with Crippen molar-refractivity contribution in [2.75, 3.05) is 0 Å². The first-order valence-corrected chi connectivity index (χ1v) is 11.5. The van der Waals surface area contributed by atoms with Gasteiger partial charge in [-0.05, 0) is 42.6 Å². The van der Waals surface area contributed by atoms with E-state index in [0.717, 1.165) is 27.5 Å². The zero-order valence-electron chi connectivity index (χ0n) is 17.9. The Morgan fingerprint density at radius 3 is 2.21 bits per heavy atom. The van der Waals surface area contributed by atoms with Crippen molar-refractivity contribution in [3.05, 3.63) is 113 Å². The lowest BCUT2D eigenvalue weighted by Crippen LogP contribution is -1.81. The van der Waals surface area contributed by atoms with Gasteiger partial charge in [-0.15, -0.1) is 11.3 Å². The molecular formula is C27H21ClN2O2S. The summed E-state index contributed by atoms with van der Waals surface area (Å²) in [4.78, 5) is 9.43. The van der Waals surface area contributed by atoms with E-state index in [0.29, 0.717) is 10.6 Å². The van der Waals surface area contributed by atoms with Gasteiger partial charge in [-0.25, -0.2) is 0 Å². The Morgan fingerprint density at radius 1 is 0.758 bits per heavy atom. The van der Waals surface area contributed by atoms with Gasteiger partial charge >= 0.3 is 0 Å². The SMILES string of the molecule is Cc1cccs1.Oc1ccccc1-c1cnccc1Cl.c1ccc2c(c1)oc1ccncc12. The molecule has 0 spiro atoms. The fraction of sp³-hybridized carbons (Fsp3) is 0.0370. The van der Waals surface area contributed by atoms with Crippen molar-refractivity contribution < 1.29 is 9.52 Å². The number of phenols is 1. The van der Waals surface area contributed by atoms with Gasteiger partial charge in [0, 0.05) is 51.6 Å². The number of aryl methyl sites for hydroxylation is 1. The average Bonchev–Trinajstić information content (AvgIpc) is 3.47. The molecule has 0 aliphatic rings. The van der Waals surface area contributed by atoms with Crippen LogP contribution in [0.25, 0.3) is 33.1 Å². The third-order valence-electron chi connectivity index (χ3n) is 4.80. The molecule has 0 aliphatic heterocycles. The smallest absolute Gasteiger partial charge is 0.138 e. The summed E-state index contributed by atoms with van der Waals surface area (Å²) in [5.74, 6) is 0.211. The fourth-order valence-electron chi connectivity index (χ4n) is 3.21. The van der Waals surface area contributed by atoms with Crippen molar-refractivity contribution in [2.24, 2.45) is 0 Å². The highest BCUT2D eigenvalue weighted by atomic mass is 35.5. The molecule has 4 aromatic heterocycles. The minimum atomic E-state index is 0.211. The minimum Gasteiger partial charge on any atom is -0.507 e. The first-order chi connectivity index (χ1) is 16.1. The number of fused-ring (bicyclic) bond motifs is 3. The van der Waals surface area contributed by atoms with E-state index in [4.69, 9.17) is 16.0 Å². The molecule has 0 radical (unpaired) electrons. The van der Waals surface area contributed by atoms with Crippen LogP contribution in [0.1, 0.15) is 4.88 Å². The number of aromatic nitrogens is 2. The summed E-state index contributed by atoms with van der Waals surface area (Å²) in [6, 6.07) is 22.8. The summed E-state index contributed by atoms with van der Waals surface area (Å²) in [5.41, 5.74) is 3.26. The number of hydrogen-bond donors (Lipinski definition) is 1. The number of thiophene rings is 1. The molecule has 0 amide bonds. The van der Waals surface area contributed by atoms with E-state index in [1.165, 1.54) is 4.88 Å². The van der Waals surface area contributed by atoms with Gasteiger partial charge in [0.05, 0.1) is 5.02 Å². The number of pyridine rings is 2. The Kier molecular flexibility index (Phi) is 7.35. The zero-order valence-corrected chi connectivity index (χ0v) is 19.4. The van der Waals surface area contributed by atoms with E-state index in [1.54, 1.807) is 54.2 Å². The summed E-state index contributed by atoms with van der Waals surface area (Å²) in [6.07, 6.45) is 6.83. The number of rotatable bonds is 1. The van der Waals surface area contributed by atoms with Crippen LogP contribution in [0.5, 0.6) is 5.75 Å². The molecule has 0 atom stereocenters. The Hall–Kier alpha value is -3.67. The largest absolute Gasteiger partial charge is 0.507 e. The fourth-order valence-corrected chi connectivity index (χ4v) is 3.94. The molecule has 2 aromatic carbocycles. The second kappa shape index (κ2) is 10.8. The van der Waals surface area contributed by atoms with E-state index >= 15 is 0 Å². The average molecular weight is 473 g/mol. The number of aromatic hydroxyl groups is 1. The topological polar surface area (TPSA) is 59.2 Å². The van der Waals surface area contributed by atoms with Crippen LogP contribution < -0.4 is 0 Å². The van der Waals surface area contributed by atoms with Crippen molar-refractivity contribution in [3.63, 3.8) is 0 Å². The molecular weight excluding hydrogens is 452 g/mol. The van der Waals surface area contributed by atoms with Gasteiger partial charge in [-0.3, -0.25) is 9.97 Å². The molecule has 0 fully saturated rings. The standard InChI is InChI=1S/C11H8ClNO.C11H7NO.C5H6S/c12-10-5-6-13-7-9(10)8-3-1-2-4-11(8)14;1-2-4-10-8(3-1)9-7-12-6-5-11(9)13-10;1-5-3-2-4-6-5/h1-7,14H;1-7H;2-4H,1H3. The Morgan fingerprint density at radius 2 is 1.48 bits per heavy atom. The van der Waals surface area contributed by atoms with Crippen molar-refractivity contribution in [1.82, 2.24) is 9.97 Å². The Bertz CT molecular complexity index is 1370. The Labute approximate surface area is 200 Å². The van der Waals surface area contributed by atoms with Crippen molar-refractivity contribution in [1.29, 1.82) is 0 Å². The second-order valence-electron chi connectivity index (χ2n) is 7.07. The molecule has 0 unspecified atom stereocenters. The van der Waals surface area contributed by atoms with E-state index < -0.39 is 0 Å². The predicted octanol–water partition coefficient (Wildman–Crippen LogP) is 8.15. The minimum absolute atomic E-state index is 0.211. The van der Waals surface area contributed by atoms with Crippen molar-refractivity contribution in [3.8, 4) is 16.9 Å². The maximum absolute atomic E-state index is 9.60. The third-order valence-corrected chi connectivity index (χ3v) is 5.93. The van der Waals surface area contributed by atoms with E-state index in [2.05, 4.69) is 34.4 Å². The van der Waals surface area contributed by atoms with Crippen molar-refractivity contribution >= 4 is 44.9 Å². The summed E-state index contributed by atoms with van der Waals surface area (Å²) < 4.78 is 5.61. The van der Waals surface area contributed by atoms with Crippen LogP contribution >= 0.6 is 22.9 Å². The molecule has 164 valence electrons. The van der Waals surface area contributed by atoms with Gasteiger partial charge < -0.3 is 9.52 Å². The number of nitrogens with zero attached hydrogens (tertiary/aromatic N) is 2. The Balaban J connectivity index is 0.000000127. The maximum atomic E-state index is 9.60. The predicted molar refractivity (Wildman–Crippen MR) is 137 cm³/mol. The summed E-state index contributed by atoms with van der Waals surface area (Å²) >= 11 is 7.76. The first-order valence-electron chi connectivity index (χ1n) is 10.2. The van der Waals surface area contributed by atoms with Crippen LogP contribution in [0.3, 0.4) is 0 Å². The first kappa shape index (κ1) is 22.5. The number of benzene rings is 2. The second-order valence-corrected chi connectivity index (χ2v) is 8.63. The van der Waals surface area contributed by atoms with Gasteiger partial charge in [0.1, 0.15) is 16.9 Å². The highest BCUT2D eigenvalue weighted by Gasteiger charge is 2.06. The zero-order chi connectivity index (χ0) is 23.0. The number of para-hydroxylation sites is 2. The molecule has 6 aromatic rings. The molecule has 1 N–H and O–H groups in total. The highest BCUT2D eigenvalue weighted by Crippen LogP contribution is 2.32. The van der Waals surface area contributed by atoms with Crippen LogP contribution in [0, 0.1) is 6.92 Å². The molecule has 33 heavy (non-hydrogen) atoms. The molecule has 4 heterocycles. The lowest BCUT2D eigenvalue weighted by Gasteiger charge is -2.04. The lowest BCUT2D eigenvalue weighted by atomic mass is 10.1. The molecule has 0 saturated carbocycles. The molecule has 0 bridgehead atoms. The molecule has 6 rings (SSSR count). The van der Waals surface area contributed by atoms with Gasteiger partial charge in [0.2, 0.25) is 0 Å². The molecule has 0 saturated heterocycles. The number of hydrogen-bond acceptors (Lipinski definition) is 5. The molecule has 6 heteroatoms.